The van der Waals surface area contributed by atoms with Crippen molar-refractivity contribution in [3.63, 3.8) is 0 Å². The monoisotopic (exact) mass is 230 g/mol. The minimum absolute atomic E-state index is 0.0512. The average Bonchev–Trinajstić information content (AvgIpc) is 2.26. The molecule has 0 spiro atoms. The third-order valence-corrected chi connectivity index (χ3v) is 2.60. The first-order chi connectivity index (χ1) is 7.47. The van der Waals surface area contributed by atoms with E-state index in [2.05, 4.69) is 5.32 Å². The van der Waals surface area contributed by atoms with Crippen LogP contribution in [-0.4, -0.2) is 47.1 Å². The molecular weight excluding hydrogens is 208 g/mol. The molecule has 0 saturated heterocycles. The molecule has 0 radical (unpaired) electrons. The Labute approximate surface area is 96.8 Å². The fourth-order valence-electron chi connectivity index (χ4n) is 1.55. The minimum atomic E-state index is -0.915. The van der Waals surface area contributed by atoms with Gasteiger partial charge in [0.15, 0.2) is 0 Å². The highest BCUT2D eigenvalue weighted by Gasteiger charge is 2.23. The maximum absolute atomic E-state index is 11.8. The van der Waals surface area contributed by atoms with Crippen molar-refractivity contribution in [2.45, 2.75) is 46.2 Å². The van der Waals surface area contributed by atoms with Crippen LogP contribution in [0, 0.1) is 0 Å². The van der Waals surface area contributed by atoms with E-state index in [9.17, 15) is 9.59 Å². The van der Waals surface area contributed by atoms with Gasteiger partial charge < -0.3 is 10.0 Å². The van der Waals surface area contributed by atoms with Crippen LogP contribution >= 0.6 is 0 Å². The van der Waals surface area contributed by atoms with E-state index < -0.39 is 18.1 Å². The van der Waals surface area contributed by atoms with Crippen molar-refractivity contribution < 1.29 is 14.7 Å². The molecule has 0 aliphatic rings. The normalized spacial score (nSPS) is 14.2. The maximum Gasteiger partial charge on any atom is 0.320 e. The van der Waals surface area contributed by atoms with E-state index in [4.69, 9.17) is 5.11 Å². The Morgan fingerprint density at radius 2 is 1.75 bits per heavy atom. The van der Waals surface area contributed by atoms with Crippen LogP contribution in [0.25, 0.3) is 0 Å². The zero-order valence-corrected chi connectivity index (χ0v) is 10.5. The zero-order valence-electron chi connectivity index (χ0n) is 10.5. The Hall–Kier alpha value is -1.10. The number of likely N-dealkylation sites (N-methyl/N-ethyl adjacent to an activating group) is 1. The molecule has 0 bridgehead atoms. The van der Waals surface area contributed by atoms with Crippen LogP contribution in [0.2, 0.25) is 0 Å². The van der Waals surface area contributed by atoms with E-state index in [0.717, 1.165) is 0 Å². The van der Waals surface area contributed by atoms with Gasteiger partial charge in [0.1, 0.15) is 6.04 Å². The van der Waals surface area contributed by atoms with Crippen LogP contribution in [0.3, 0.4) is 0 Å². The molecule has 0 aromatic rings. The molecule has 0 aromatic heterocycles. The van der Waals surface area contributed by atoms with Gasteiger partial charge in [-0.05, 0) is 27.2 Å². The van der Waals surface area contributed by atoms with Crippen LogP contribution < -0.4 is 5.32 Å². The zero-order chi connectivity index (χ0) is 12.7. The number of carbonyl (C=O) groups excluding carboxylic acids is 1. The van der Waals surface area contributed by atoms with E-state index in [1.165, 1.54) is 0 Å². The molecule has 2 atom stereocenters. The highest BCUT2D eigenvalue weighted by atomic mass is 16.4. The van der Waals surface area contributed by atoms with Gasteiger partial charge in [-0.15, -0.1) is 0 Å². The largest absolute Gasteiger partial charge is 0.480 e. The minimum Gasteiger partial charge on any atom is -0.480 e. The summed E-state index contributed by atoms with van der Waals surface area (Å²) in [6.07, 6.45) is 0.463. The lowest BCUT2D eigenvalue weighted by molar-refractivity contribution is -0.140. The van der Waals surface area contributed by atoms with Crippen LogP contribution in [0.15, 0.2) is 0 Å². The summed E-state index contributed by atoms with van der Waals surface area (Å²) in [5, 5.41) is 11.7. The van der Waals surface area contributed by atoms with Crippen molar-refractivity contribution in [3.8, 4) is 0 Å². The summed E-state index contributed by atoms with van der Waals surface area (Å²) >= 11 is 0. The Morgan fingerprint density at radius 1 is 1.25 bits per heavy atom. The molecule has 0 aliphatic carbocycles. The van der Waals surface area contributed by atoms with E-state index in [1.54, 1.807) is 18.7 Å². The number of carbonyl (C=O) groups is 2. The number of carboxylic acids is 1. The predicted octanol–water partition coefficient (Wildman–Crippen LogP) is 0.696. The maximum atomic E-state index is 11.8. The fourth-order valence-corrected chi connectivity index (χ4v) is 1.55. The van der Waals surface area contributed by atoms with Gasteiger partial charge >= 0.3 is 5.97 Å². The van der Waals surface area contributed by atoms with Gasteiger partial charge in [0, 0.05) is 13.1 Å². The first-order valence-electron chi connectivity index (χ1n) is 5.75. The van der Waals surface area contributed by atoms with Gasteiger partial charge in [-0.25, -0.2) is 0 Å². The van der Waals surface area contributed by atoms with Gasteiger partial charge in [-0.3, -0.25) is 14.9 Å². The molecule has 2 unspecified atom stereocenters. The van der Waals surface area contributed by atoms with Crippen LogP contribution in [0.4, 0.5) is 0 Å². The first-order valence-corrected chi connectivity index (χ1v) is 5.75. The number of hydrogen-bond acceptors (Lipinski definition) is 3. The fraction of sp³-hybridized carbons (Fsp3) is 0.818. The lowest BCUT2D eigenvalue weighted by atomic mass is 10.2. The second-order valence-corrected chi connectivity index (χ2v) is 3.70. The molecule has 1 amide bonds. The second kappa shape index (κ2) is 7.22. The Morgan fingerprint density at radius 3 is 2.06 bits per heavy atom. The summed E-state index contributed by atoms with van der Waals surface area (Å²) in [7, 11) is 0. The van der Waals surface area contributed by atoms with Crippen molar-refractivity contribution in [3.05, 3.63) is 0 Å². The number of hydrogen-bond donors (Lipinski definition) is 2. The van der Waals surface area contributed by atoms with Gasteiger partial charge in [-0.1, -0.05) is 6.92 Å². The molecule has 0 aromatic carbocycles. The lowest BCUT2D eigenvalue weighted by Gasteiger charge is -2.25. The summed E-state index contributed by atoms with van der Waals surface area (Å²) in [4.78, 5) is 24.3. The Bertz CT molecular complexity index is 239. The van der Waals surface area contributed by atoms with Gasteiger partial charge in [-0.2, -0.15) is 0 Å². The summed E-state index contributed by atoms with van der Waals surface area (Å²) in [5.41, 5.74) is 0. The van der Waals surface area contributed by atoms with Crippen LogP contribution in [0.5, 0.6) is 0 Å². The summed E-state index contributed by atoms with van der Waals surface area (Å²) < 4.78 is 0. The molecule has 94 valence electrons. The summed E-state index contributed by atoms with van der Waals surface area (Å²) in [5.74, 6) is -0.966. The molecule has 5 heteroatoms. The van der Waals surface area contributed by atoms with Gasteiger partial charge in [0.05, 0.1) is 6.04 Å². The highest BCUT2D eigenvalue weighted by Crippen LogP contribution is 1.99. The molecule has 0 heterocycles. The average molecular weight is 230 g/mol. The molecule has 2 N–H and O–H groups in total. The van der Waals surface area contributed by atoms with Crippen molar-refractivity contribution >= 4 is 11.9 Å². The van der Waals surface area contributed by atoms with E-state index in [0.29, 0.717) is 19.5 Å². The Kier molecular flexibility index (Phi) is 6.72. The third kappa shape index (κ3) is 4.18. The van der Waals surface area contributed by atoms with Crippen molar-refractivity contribution in [2.75, 3.05) is 13.1 Å². The number of aliphatic carboxylic acids is 1. The molecule has 16 heavy (non-hydrogen) atoms. The topological polar surface area (TPSA) is 69.6 Å². The first kappa shape index (κ1) is 14.9. The van der Waals surface area contributed by atoms with Gasteiger partial charge in [0.2, 0.25) is 5.91 Å². The SMILES string of the molecule is CCC(NC(C)C(=O)N(CC)CC)C(=O)O. The summed E-state index contributed by atoms with van der Waals surface area (Å²) in [6.45, 7) is 8.58. The lowest BCUT2D eigenvalue weighted by Crippen LogP contribution is -2.50. The Balaban J connectivity index is 4.38. The van der Waals surface area contributed by atoms with Crippen LogP contribution in [-0.2, 0) is 9.59 Å². The van der Waals surface area contributed by atoms with Gasteiger partial charge in [0.25, 0.3) is 0 Å². The van der Waals surface area contributed by atoms with Crippen LogP contribution in [0.1, 0.15) is 34.1 Å². The standard InChI is InChI=1S/C11H22N2O3/c1-5-9(11(15)16)12-8(4)10(14)13(6-2)7-3/h8-9,12H,5-7H2,1-4H3,(H,15,16). The van der Waals surface area contributed by atoms with Crippen molar-refractivity contribution in [1.82, 2.24) is 10.2 Å². The van der Waals surface area contributed by atoms with Crippen molar-refractivity contribution in [1.29, 1.82) is 0 Å². The number of nitrogens with zero attached hydrogens (tertiary/aromatic N) is 1. The highest BCUT2D eigenvalue weighted by molar-refractivity contribution is 5.82. The van der Waals surface area contributed by atoms with E-state index >= 15 is 0 Å². The quantitative estimate of drug-likeness (QED) is 0.675. The van der Waals surface area contributed by atoms with E-state index in [1.807, 2.05) is 13.8 Å². The second-order valence-electron chi connectivity index (χ2n) is 3.70. The number of amides is 1. The molecule has 0 rings (SSSR count). The molecule has 0 aliphatic heterocycles. The summed E-state index contributed by atoms with van der Waals surface area (Å²) in [6, 6.07) is -1.12. The smallest absolute Gasteiger partial charge is 0.320 e. The number of rotatable bonds is 7. The third-order valence-electron chi connectivity index (χ3n) is 2.60. The molecular formula is C11H22N2O3. The predicted molar refractivity (Wildman–Crippen MR) is 62.2 cm³/mol. The number of carboxylic acid groups (broad SMARTS) is 1. The molecule has 0 fully saturated rings. The number of nitrogens with one attached hydrogen (secondary N) is 1. The van der Waals surface area contributed by atoms with Crippen molar-refractivity contribution in [2.24, 2.45) is 0 Å². The van der Waals surface area contributed by atoms with E-state index in [-0.39, 0.29) is 5.91 Å². The molecule has 0 saturated carbocycles. The molecule has 5 nitrogen and oxygen atoms in total.